The molecule has 6 heteroatoms. The van der Waals surface area contributed by atoms with Crippen LogP contribution in [0.4, 0.5) is 0 Å². The van der Waals surface area contributed by atoms with Crippen LogP contribution in [0.15, 0.2) is 15.2 Å². The van der Waals surface area contributed by atoms with Crippen LogP contribution in [-0.4, -0.2) is 15.2 Å². The van der Waals surface area contributed by atoms with E-state index in [1.165, 1.54) is 36.4 Å². The molecular formula is C11H13N3S3. The molecule has 0 N–H and O–H groups in total. The smallest absolute Gasteiger partial charge is 0.174 e. The molecule has 1 saturated carbocycles. The summed E-state index contributed by atoms with van der Waals surface area (Å²) in [4.78, 5) is 4.75. The van der Waals surface area contributed by atoms with Crippen molar-refractivity contribution < 1.29 is 0 Å². The van der Waals surface area contributed by atoms with Gasteiger partial charge in [0.15, 0.2) is 4.34 Å². The summed E-state index contributed by atoms with van der Waals surface area (Å²) in [7, 11) is 0. The summed E-state index contributed by atoms with van der Waals surface area (Å²) in [5.74, 6) is 1.65. The highest BCUT2D eigenvalue weighted by Gasteiger charge is 2.20. The van der Waals surface area contributed by atoms with Crippen LogP contribution in [0.3, 0.4) is 0 Å². The molecule has 1 aliphatic rings. The number of thioether (sulfide) groups is 1. The van der Waals surface area contributed by atoms with Gasteiger partial charge in [0.1, 0.15) is 5.51 Å². The van der Waals surface area contributed by atoms with Gasteiger partial charge in [0.05, 0.1) is 10.7 Å². The average molecular weight is 283 g/mol. The Balaban J connectivity index is 1.60. The lowest BCUT2D eigenvalue weighted by atomic mass is 10.1. The van der Waals surface area contributed by atoms with Crippen molar-refractivity contribution >= 4 is 34.4 Å². The van der Waals surface area contributed by atoms with Crippen molar-refractivity contribution in [3.05, 3.63) is 21.6 Å². The molecule has 3 rings (SSSR count). The van der Waals surface area contributed by atoms with Crippen LogP contribution >= 0.6 is 34.4 Å². The van der Waals surface area contributed by atoms with Crippen LogP contribution in [-0.2, 0) is 5.75 Å². The zero-order valence-electron chi connectivity index (χ0n) is 9.33. The normalized spacial score (nSPS) is 16.7. The van der Waals surface area contributed by atoms with E-state index in [2.05, 4.69) is 15.6 Å². The van der Waals surface area contributed by atoms with Crippen LogP contribution < -0.4 is 0 Å². The Morgan fingerprint density at radius 1 is 1.29 bits per heavy atom. The Kier molecular flexibility index (Phi) is 3.73. The van der Waals surface area contributed by atoms with Crippen LogP contribution in [0.5, 0.6) is 0 Å². The molecule has 0 spiro atoms. The maximum Gasteiger partial charge on any atom is 0.174 e. The predicted octanol–water partition coefficient (Wildman–Crippen LogP) is 3.94. The number of hydrogen-bond acceptors (Lipinski definition) is 6. The molecule has 0 aromatic carbocycles. The minimum absolute atomic E-state index is 0.736. The van der Waals surface area contributed by atoms with Gasteiger partial charge < -0.3 is 0 Å². The minimum atomic E-state index is 0.736. The second kappa shape index (κ2) is 5.46. The fourth-order valence-electron chi connectivity index (χ4n) is 2.11. The van der Waals surface area contributed by atoms with Gasteiger partial charge in [-0.3, -0.25) is 0 Å². The number of aromatic nitrogens is 3. The van der Waals surface area contributed by atoms with Gasteiger partial charge in [-0.15, -0.1) is 21.5 Å². The van der Waals surface area contributed by atoms with Gasteiger partial charge in [-0.05, 0) is 12.8 Å². The number of hydrogen-bond donors (Lipinski definition) is 0. The fraction of sp³-hybridized carbons (Fsp3) is 0.545. The highest BCUT2D eigenvalue weighted by atomic mass is 32.2. The zero-order valence-corrected chi connectivity index (χ0v) is 11.8. The van der Waals surface area contributed by atoms with E-state index in [1.54, 1.807) is 28.6 Å². The molecule has 0 bridgehead atoms. The largest absolute Gasteiger partial charge is 0.245 e. The zero-order chi connectivity index (χ0) is 11.5. The molecule has 0 amide bonds. The summed E-state index contributed by atoms with van der Waals surface area (Å²) in [5.41, 5.74) is 2.96. The Morgan fingerprint density at radius 2 is 2.18 bits per heavy atom. The highest BCUT2D eigenvalue weighted by molar-refractivity contribution is 8.00. The SMILES string of the molecule is c1nnc(SCc2csc(C3CCCC3)n2)s1. The monoisotopic (exact) mass is 283 g/mol. The van der Waals surface area contributed by atoms with Gasteiger partial charge in [0, 0.05) is 17.1 Å². The maximum absolute atomic E-state index is 4.75. The molecule has 2 heterocycles. The van der Waals surface area contributed by atoms with E-state index in [1.807, 2.05) is 11.3 Å². The second-order valence-corrected chi connectivity index (χ2v) is 7.10. The summed E-state index contributed by atoms with van der Waals surface area (Å²) in [6.45, 7) is 0. The van der Waals surface area contributed by atoms with Gasteiger partial charge in [0.25, 0.3) is 0 Å². The third-order valence-electron chi connectivity index (χ3n) is 2.96. The summed E-state index contributed by atoms with van der Waals surface area (Å²) >= 11 is 5.14. The number of rotatable bonds is 4. The average Bonchev–Trinajstić information content (AvgIpc) is 3.09. The highest BCUT2D eigenvalue weighted by Crippen LogP contribution is 2.36. The van der Waals surface area contributed by atoms with Gasteiger partial charge in [-0.25, -0.2) is 4.98 Å². The van der Waals surface area contributed by atoms with Gasteiger partial charge in [-0.1, -0.05) is 35.9 Å². The first-order valence-corrected chi connectivity index (χ1v) is 8.49. The summed E-state index contributed by atoms with van der Waals surface area (Å²) in [5, 5.41) is 11.4. The predicted molar refractivity (Wildman–Crippen MR) is 72.8 cm³/mol. The summed E-state index contributed by atoms with van der Waals surface area (Å²) < 4.78 is 1.03. The van der Waals surface area contributed by atoms with E-state index in [-0.39, 0.29) is 0 Å². The van der Waals surface area contributed by atoms with Crippen molar-refractivity contribution in [1.82, 2.24) is 15.2 Å². The number of nitrogens with zero attached hydrogens (tertiary/aromatic N) is 3. The van der Waals surface area contributed by atoms with Crippen LogP contribution in [0.2, 0.25) is 0 Å². The molecule has 0 radical (unpaired) electrons. The first-order chi connectivity index (χ1) is 8.42. The molecule has 0 unspecified atom stereocenters. The molecule has 0 aliphatic heterocycles. The van der Waals surface area contributed by atoms with E-state index in [0.29, 0.717) is 0 Å². The second-order valence-electron chi connectivity index (χ2n) is 4.15. The van der Waals surface area contributed by atoms with Gasteiger partial charge >= 0.3 is 0 Å². The van der Waals surface area contributed by atoms with Crippen molar-refractivity contribution in [3.8, 4) is 0 Å². The molecule has 3 nitrogen and oxygen atoms in total. The Hall–Kier alpha value is -0.460. The van der Waals surface area contributed by atoms with Crippen LogP contribution in [0, 0.1) is 0 Å². The van der Waals surface area contributed by atoms with Gasteiger partial charge in [0.2, 0.25) is 0 Å². The molecular weight excluding hydrogens is 270 g/mol. The Bertz CT molecular complexity index is 460. The summed E-state index contributed by atoms with van der Waals surface area (Å²) in [6.07, 6.45) is 5.41. The topological polar surface area (TPSA) is 38.7 Å². The molecule has 0 saturated heterocycles. The summed E-state index contributed by atoms with van der Waals surface area (Å²) in [6, 6.07) is 0. The fourth-order valence-corrected chi connectivity index (χ4v) is 4.59. The molecule has 2 aromatic rings. The van der Waals surface area contributed by atoms with E-state index in [4.69, 9.17) is 4.98 Å². The van der Waals surface area contributed by atoms with Crippen LogP contribution in [0.25, 0.3) is 0 Å². The van der Waals surface area contributed by atoms with Crippen molar-refractivity contribution in [3.63, 3.8) is 0 Å². The molecule has 1 aliphatic carbocycles. The van der Waals surface area contributed by atoms with E-state index >= 15 is 0 Å². The van der Waals surface area contributed by atoms with Gasteiger partial charge in [-0.2, -0.15) is 0 Å². The van der Waals surface area contributed by atoms with E-state index in [0.717, 1.165) is 16.0 Å². The van der Waals surface area contributed by atoms with Crippen molar-refractivity contribution in [2.24, 2.45) is 0 Å². The Labute approximate surface area is 113 Å². The van der Waals surface area contributed by atoms with Crippen molar-refractivity contribution in [1.29, 1.82) is 0 Å². The third-order valence-corrected chi connectivity index (χ3v) is 5.91. The lowest BCUT2D eigenvalue weighted by Gasteiger charge is -2.02. The number of thiazole rings is 1. The lowest BCUT2D eigenvalue weighted by Crippen LogP contribution is -1.91. The van der Waals surface area contributed by atoms with Crippen LogP contribution in [0.1, 0.15) is 42.3 Å². The third kappa shape index (κ3) is 2.86. The van der Waals surface area contributed by atoms with Crippen molar-refractivity contribution in [2.75, 3.05) is 0 Å². The maximum atomic E-state index is 4.75. The van der Waals surface area contributed by atoms with E-state index < -0.39 is 0 Å². The molecule has 0 atom stereocenters. The molecule has 1 fully saturated rings. The first kappa shape index (κ1) is 11.6. The molecule has 90 valence electrons. The minimum Gasteiger partial charge on any atom is -0.245 e. The van der Waals surface area contributed by atoms with E-state index in [9.17, 15) is 0 Å². The lowest BCUT2D eigenvalue weighted by molar-refractivity contribution is 0.714. The van der Waals surface area contributed by atoms with Crippen molar-refractivity contribution in [2.45, 2.75) is 41.7 Å². The molecule has 2 aromatic heterocycles. The quantitative estimate of drug-likeness (QED) is 0.797. The first-order valence-electron chi connectivity index (χ1n) is 5.75. The Morgan fingerprint density at radius 3 is 2.94 bits per heavy atom. The standard InChI is InChI=1S/C11H13N3S3/c1-2-4-8(3-1)10-13-9(5-15-10)6-16-11-14-12-7-17-11/h5,7-8H,1-4,6H2. The molecule has 17 heavy (non-hydrogen) atoms.